The molecule has 2 heterocycles. The van der Waals surface area contributed by atoms with Gasteiger partial charge in [-0.3, -0.25) is 0 Å². The van der Waals surface area contributed by atoms with Gasteiger partial charge in [-0.25, -0.2) is 4.98 Å². The van der Waals surface area contributed by atoms with Crippen molar-refractivity contribution in [3.8, 4) is 0 Å². The highest BCUT2D eigenvalue weighted by Crippen LogP contribution is 2.45. The smallest absolute Gasteiger partial charge is 0.186 e. The minimum Gasteiger partial charge on any atom is -0.345 e. The van der Waals surface area contributed by atoms with Gasteiger partial charge in [-0.1, -0.05) is 39.0 Å². The molecule has 0 saturated carbocycles. The van der Waals surface area contributed by atoms with E-state index in [9.17, 15) is 0 Å². The number of aromatic nitrogens is 1. The van der Waals surface area contributed by atoms with Crippen LogP contribution in [0.15, 0.2) is 0 Å². The Hall–Kier alpha value is -0.610. The quantitative estimate of drug-likeness (QED) is 0.915. The van der Waals surface area contributed by atoms with Gasteiger partial charge in [-0.05, 0) is 44.1 Å². The fraction of sp³-hybridized carbons (Fsp3) is 0.824. The lowest BCUT2D eigenvalue weighted by molar-refractivity contribution is 0.265. The van der Waals surface area contributed by atoms with E-state index >= 15 is 0 Å². The second-order valence-electron chi connectivity index (χ2n) is 7.84. The van der Waals surface area contributed by atoms with Crippen LogP contribution < -0.4 is 10.2 Å². The maximum atomic E-state index is 5.06. The molecule has 4 heteroatoms. The van der Waals surface area contributed by atoms with Crippen molar-refractivity contribution >= 4 is 16.5 Å². The van der Waals surface area contributed by atoms with Gasteiger partial charge in [-0.15, -0.1) is 0 Å². The maximum absolute atomic E-state index is 5.06. The summed E-state index contributed by atoms with van der Waals surface area (Å²) in [7, 11) is 2.09. The van der Waals surface area contributed by atoms with E-state index in [4.69, 9.17) is 4.98 Å². The molecule has 0 radical (unpaired) electrons. The lowest BCUT2D eigenvalue weighted by Crippen LogP contribution is -2.33. The Morgan fingerprint density at radius 2 is 2.14 bits per heavy atom. The van der Waals surface area contributed by atoms with Gasteiger partial charge in [0.15, 0.2) is 5.13 Å². The predicted molar refractivity (Wildman–Crippen MR) is 91.2 cm³/mol. The van der Waals surface area contributed by atoms with Gasteiger partial charge in [0.2, 0.25) is 0 Å². The molecule has 0 amide bonds. The van der Waals surface area contributed by atoms with Crippen molar-refractivity contribution in [2.24, 2.45) is 11.3 Å². The molecule has 2 aliphatic rings. The summed E-state index contributed by atoms with van der Waals surface area (Å²) in [6.07, 6.45) is 4.97. The molecule has 1 aliphatic carbocycles. The highest BCUT2D eigenvalue weighted by Gasteiger charge is 2.36. The monoisotopic (exact) mass is 307 g/mol. The standard InChI is InChI=1S/C17H29N3S/c1-11(2)14-7-6-8-20(14)16-19-13-10-17(3,4)9-12(18-5)15(13)21-16/h11-12,14,18H,6-10H2,1-5H3. The number of hydrogen-bond acceptors (Lipinski definition) is 4. The summed E-state index contributed by atoms with van der Waals surface area (Å²) in [6.45, 7) is 10.6. The minimum atomic E-state index is 0.356. The predicted octanol–water partition coefficient (Wildman–Crippen LogP) is 4.00. The molecule has 3 rings (SSSR count). The van der Waals surface area contributed by atoms with Gasteiger partial charge < -0.3 is 10.2 Å². The average Bonchev–Trinajstić information content (AvgIpc) is 3.01. The lowest BCUT2D eigenvalue weighted by Gasteiger charge is -2.34. The van der Waals surface area contributed by atoms with Crippen molar-refractivity contribution in [3.05, 3.63) is 10.6 Å². The zero-order chi connectivity index (χ0) is 15.2. The van der Waals surface area contributed by atoms with E-state index < -0.39 is 0 Å². The van der Waals surface area contributed by atoms with E-state index in [1.165, 1.54) is 41.5 Å². The molecule has 2 atom stereocenters. The van der Waals surface area contributed by atoms with Crippen LogP contribution in [0.4, 0.5) is 5.13 Å². The van der Waals surface area contributed by atoms with E-state index in [-0.39, 0.29) is 0 Å². The molecule has 0 spiro atoms. The van der Waals surface area contributed by atoms with Crippen molar-refractivity contribution in [2.45, 2.75) is 65.5 Å². The topological polar surface area (TPSA) is 28.2 Å². The van der Waals surface area contributed by atoms with Crippen LogP contribution >= 0.6 is 11.3 Å². The van der Waals surface area contributed by atoms with Crippen molar-refractivity contribution in [2.75, 3.05) is 18.5 Å². The molecule has 1 aromatic heterocycles. The van der Waals surface area contributed by atoms with Crippen molar-refractivity contribution in [1.82, 2.24) is 10.3 Å². The largest absolute Gasteiger partial charge is 0.345 e. The van der Waals surface area contributed by atoms with Crippen LogP contribution in [0.5, 0.6) is 0 Å². The molecule has 3 nitrogen and oxygen atoms in total. The van der Waals surface area contributed by atoms with Crippen LogP contribution in [-0.2, 0) is 6.42 Å². The normalized spacial score (nSPS) is 28.2. The van der Waals surface area contributed by atoms with Crippen LogP contribution in [0.2, 0.25) is 0 Å². The summed E-state index contributed by atoms with van der Waals surface area (Å²) < 4.78 is 0. The maximum Gasteiger partial charge on any atom is 0.186 e. The first kappa shape index (κ1) is 15.3. The second kappa shape index (κ2) is 5.54. The first-order valence-corrected chi connectivity index (χ1v) is 9.16. The summed E-state index contributed by atoms with van der Waals surface area (Å²) in [6, 6.07) is 1.16. The fourth-order valence-electron chi connectivity index (χ4n) is 4.00. The zero-order valence-corrected chi connectivity index (χ0v) is 14.9. The number of rotatable bonds is 3. The molecule has 1 aromatic rings. The number of anilines is 1. The zero-order valence-electron chi connectivity index (χ0n) is 14.1. The summed E-state index contributed by atoms with van der Waals surface area (Å²) in [5.74, 6) is 0.713. The highest BCUT2D eigenvalue weighted by atomic mass is 32.1. The van der Waals surface area contributed by atoms with Crippen LogP contribution in [0.1, 0.15) is 63.6 Å². The Bertz CT molecular complexity index is 506. The van der Waals surface area contributed by atoms with Crippen LogP contribution in [-0.4, -0.2) is 24.6 Å². The molecule has 2 unspecified atom stereocenters. The Morgan fingerprint density at radius 1 is 1.38 bits per heavy atom. The third-order valence-electron chi connectivity index (χ3n) is 5.10. The second-order valence-corrected chi connectivity index (χ2v) is 8.85. The van der Waals surface area contributed by atoms with Gasteiger partial charge in [0.25, 0.3) is 0 Å². The first-order chi connectivity index (χ1) is 9.91. The molecule has 1 N–H and O–H groups in total. The SMILES string of the molecule is CNC1CC(C)(C)Cc2nc(N3CCCC3C(C)C)sc21. The van der Waals surface area contributed by atoms with Crippen molar-refractivity contribution in [1.29, 1.82) is 0 Å². The minimum absolute atomic E-state index is 0.356. The third-order valence-corrected chi connectivity index (χ3v) is 6.35. The van der Waals surface area contributed by atoms with Crippen LogP contribution in [0.3, 0.4) is 0 Å². The first-order valence-electron chi connectivity index (χ1n) is 8.35. The highest BCUT2D eigenvalue weighted by molar-refractivity contribution is 7.15. The van der Waals surface area contributed by atoms with Crippen LogP contribution in [0, 0.1) is 11.3 Å². The van der Waals surface area contributed by atoms with Gasteiger partial charge >= 0.3 is 0 Å². The Labute approximate surface area is 133 Å². The Morgan fingerprint density at radius 3 is 2.81 bits per heavy atom. The number of hydrogen-bond donors (Lipinski definition) is 1. The Balaban J connectivity index is 1.91. The Kier molecular flexibility index (Phi) is 4.04. The third kappa shape index (κ3) is 2.85. The summed E-state index contributed by atoms with van der Waals surface area (Å²) >= 11 is 1.94. The summed E-state index contributed by atoms with van der Waals surface area (Å²) in [5.41, 5.74) is 1.70. The molecule has 118 valence electrons. The van der Waals surface area contributed by atoms with Crippen LogP contribution in [0.25, 0.3) is 0 Å². The fourth-order valence-corrected chi connectivity index (χ4v) is 5.27. The summed E-state index contributed by atoms with van der Waals surface area (Å²) in [4.78, 5) is 9.13. The van der Waals surface area contributed by atoms with Crippen molar-refractivity contribution < 1.29 is 0 Å². The summed E-state index contributed by atoms with van der Waals surface area (Å²) in [5, 5.41) is 4.78. The molecule has 0 aromatic carbocycles. The van der Waals surface area contributed by atoms with Gasteiger partial charge in [0.05, 0.1) is 5.69 Å². The number of thiazole rings is 1. The van der Waals surface area contributed by atoms with E-state index in [1.807, 2.05) is 11.3 Å². The molecule has 1 saturated heterocycles. The van der Waals surface area contributed by atoms with Gasteiger partial charge in [0.1, 0.15) is 0 Å². The van der Waals surface area contributed by atoms with E-state index in [0.717, 1.165) is 6.42 Å². The number of nitrogens with one attached hydrogen (secondary N) is 1. The molecular weight excluding hydrogens is 278 g/mol. The van der Waals surface area contributed by atoms with E-state index in [1.54, 1.807) is 0 Å². The van der Waals surface area contributed by atoms with E-state index in [0.29, 0.717) is 23.4 Å². The number of fused-ring (bicyclic) bond motifs is 1. The molecular formula is C17H29N3S. The van der Waals surface area contributed by atoms with Gasteiger partial charge in [-0.2, -0.15) is 0 Å². The van der Waals surface area contributed by atoms with E-state index in [2.05, 4.69) is 45.0 Å². The number of nitrogens with zero attached hydrogens (tertiary/aromatic N) is 2. The molecule has 21 heavy (non-hydrogen) atoms. The molecule has 0 bridgehead atoms. The lowest BCUT2D eigenvalue weighted by atomic mass is 9.76. The van der Waals surface area contributed by atoms with Crippen molar-refractivity contribution in [3.63, 3.8) is 0 Å². The molecule has 1 aliphatic heterocycles. The molecule has 1 fully saturated rings. The van der Waals surface area contributed by atoms with Gasteiger partial charge in [0, 0.05) is 23.5 Å². The average molecular weight is 308 g/mol.